The van der Waals surface area contributed by atoms with Crippen LogP contribution in [0.15, 0.2) is 0 Å². The van der Waals surface area contributed by atoms with Gasteiger partial charge in [0.15, 0.2) is 0 Å². The number of hydrogen-bond acceptors (Lipinski definition) is 2. The standard InChI is InChI=1S/C15H32N2O/c1-6-7-8-9-15(4,5)11-17-14(18)10-13(16)12(2)3/h12-13H,6-11,16H2,1-5H3,(H,17,18). The molecule has 0 bridgehead atoms. The zero-order chi connectivity index (χ0) is 14.2. The Labute approximate surface area is 113 Å². The highest BCUT2D eigenvalue weighted by Crippen LogP contribution is 2.22. The summed E-state index contributed by atoms with van der Waals surface area (Å²) in [6.07, 6.45) is 5.35. The molecule has 0 radical (unpaired) electrons. The van der Waals surface area contributed by atoms with Crippen molar-refractivity contribution in [1.29, 1.82) is 0 Å². The van der Waals surface area contributed by atoms with Crippen LogP contribution in [0.2, 0.25) is 0 Å². The van der Waals surface area contributed by atoms with Crippen LogP contribution in [0.3, 0.4) is 0 Å². The number of nitrogens with two attached hydrogens (primary N) is 1. The molecule has 0 saturated carbocycles. The molecule has 0 aliphatic carbocycles. The molecule has 1 amide bonds. The van der Waals surface area contributed by atoms with Gasteiger partial charge in [-0.05, 0) is 17.8 Å². The first-order valence-corrected chi connectivity index (χ1v) is 7.31. The van der Waals surface area contributed by atoms with Gasteiger partial charge in [-0.15, -0.1) is 0 Å². The maximum atomic E-state index is 11.7. The van der Waals surface area contributed by atoms with E-state index in [9.17, 15) is 4.79 Å². The highest BCUT2D eigenvalue weighted by molar-refractivity contribution is 5.76. The minimum absolute atomic E-state index is 0.0341. The van der Waals surface area contributed by atoms with E-state index in [0.717, 1.165) is 13.0 Å². The van der Waals surface area contributed by atoms with Crippen LogP contribution in [0.1, 0.15) is 66.7 Å². The van der Waals surface area contributed by atoms with E-state index in [0.29, 0.717) is 12.3 Å². The van der Waals surface area contributed by atoms with Crippen LogP contribution in [0.4, 0.5) is 0 Å². The third kappa shape index (κ3) is 8.51. The molecular weight excluding hydrogens is 224 g/mol. The van der Waals surface area contributed by atoms with Gasteiger partial charge < -0.3 is 11.1 Å². The van der Waals surface area contributed by atoms with Crippen molar-refractivity contribution < 1.29 is 4.79 Å². The van der Waals surface area contributed by atoms with Crippen molar-refractivity contribution in [2.75, 3.05) is 6.54 Å². The Morgan fingerprint density at radius 3 is 2.39 bits per heavy atom. The van der Waals surface area contributed by atoms with E-state index in [4.69, 9.17) is 5.73 Å². The highest BCUT2D eigenvalue weighted by atomic mass is 16.1. The molecule has 1 atom stereocenters. The number of carbonyl (C=O) groups excluding carboxylic acids is 1. The molecule has 0 rings (SSSR count). The van der Waals surface area contributed by atoms with Gasteiger partial charge in [-0.25, -0.2) is 0 Å². The molecule has 0 aromatic rings. The van der Waals surface area contributed by atoms with Crippen LogP contribution in [-0.4, -0.2) is 18.5 Å². The summed E-state index contributed by atoms with van der Waals surface area (Å²) < 4.78 is 0. The molecule has 3 nitrogen and oxygen atoms in total. The van der Waals surface area contributed by atoms with Gasteiger partial charge in [0.25, 0.3) is 0 Å². The molecule has 0 spiro atoms. The Morgan fingerprint density at radius 1 is 1.28 bits per heavy atom. The van der Waals surface area contributed by atoms with E-state index < -0.39 is 0 Å². The van der Waals surface area contributed by atoms with E-state index in [1.165, 1.54) is 19.3 Å². The minimum atomic E-state index is -0.0341. The van der Waals surface area contributed by atoms with Gasteiger partial charge in [0, 0.05) is 19.0 Å². The molecule has 108 valence electrons. The molecule has 0 aromatic carbocycles. The summed E-state index contributed by atoms with van der Waals surface area (Å²) in [5, 5.41) is 3.02. The monoisotopic (exact) mass is 256 g/mol. The van der Waals surface area contributed by atoms with Gasteiger partial charge in [-0.3, -0.25) is 4.79 Å². The molecule has 3 N–H and O–H groups in total. The Hall–Kier alpha value is -0.570. The SMILES string of the molecule is CCCCCC(C)(C)CNC(=O)CC(N)C(C)C. The second-order valence-electron chi connectivity index (χ2n) is 6.51. The lowest BCUT2D eigenvalue weighted by molar-refractivity contribution is -0.122. The van der Waals surface area contributed by atoms with Gasteiger partial charge in [0.05, 0.1) is 0 Å². The summed E-state index contributed by atoms with van der Waals surface area (Å²) in [4.78, 5) is 11.7. The fourth-order valence-corrected chi connectivity index (χ4v) is 1.80. The van der Waals surface area contributed by atoms with Crippen molar-refractivity contribution in [2.24, 2.45) is 17.1 Å². The summed E-state index contributed by atoms with van der Waals surface area (Å²) in [5.41, 5.74) is 6.08. The zero-order valence-electron chi connectivity index (χ0n) is 12.9. The molecule has 0 fully saturated rings. The number of rotatable bonds is 9. The molecule has 0 aliphatic heterocycles. The summed E-state index contributed by atoms with van der Waals surface area (Å²) in [6, 6.07) is -0.0341. The Morgan fingerprint density at radius 2 is 1.89 bits per heavy atom. The van der Waals surface area contributed by atoms with Crippen LogP contribution in [0, 0.1) is 11.3 Å². The molecule has 0 aliphatic rings. The van der Waals surface area contributed by atoms with Crippen LogP contribution < -0.4 is 11.1 Å². The Kier molecular flexibility index (Phi) is 8.25. The van der Waals surface area contributed by atoms with Gasteiger partial charge >= 0.3 is 0 Å². The van der Waals surface area contributed by atoms with Crippen molar-refractivity contribution in [2.45, 2.75) is 72.8 Å². The van der Waals surface area contributed by atoms with E-state index in [2.05, 4.69) is 26.1 Å². The molecule has 18 heavy (non-hydrogen) atoms. The number of amides is 1. The molecule has 0 saturated heterocycles. The molecule has 0 heterocycles. The van der Waals surface area contributed by atoms with Crippen LogP contribution in [-0.2, 0) is 4.79 Å². The molecular formula is C15H32N2O. The topological polar surface area (TPSA) is 55.1 Å². The first-order valence-electron chi connectivity index (χ1n) is 7.31. The molecule has 3 heteroatoms. The lowest BCUT2D eigenvalue weighted by atomic mass is 9.87. The van der Waals surface area contributed by atoms with Gasteiger partial charge in [-0.2, -0.15) is 0 Å². The van der Waals surface area contributed by atoms with Crippen molar-refractivity contribution >= 4 is 5.91 Å². The predicted octanol–water partition coefficient (Wildman–Crippen LogP) is 3.08. The minimum Gasteiger partial charge on any atom is -0.356 e. The summed E-state index contributed by atoms with van der Waals surface area (Å²) in [7, 11) is 0. The number of nitrogens with one attached hydrogen (secondary N) is 1. The smallest absolute Gasteiger partial charge is 0.221 e. The van der Waals surface area contributed by atoms with Gasteiger partial charge in [0.2, 0.25) is 5.91 Å². The lowest BCUT2D eigenvalue weighted by Gasteiger charge is -2.25. The van der Waals surface area contributed by atoms with Crippen molar-refractivity contribution in [3.05, 3.63) is 0 Å². The normalized spacial score (nSPS) is 13.7. The second-order valence-corrected chi connectivity index (χ2v) is 6.51. The van der Waals surface area contributed by atoms with E-state index in [1.807, 2.05) is 13.8 Å². The van der Waals surface area contributed by atoms with Gasteiger partial charge in [0.1, 0.15) is 0 Å². The van der Waals surface area contributed by atoms with E-state index in [1.54, 1.807) is 0 Å². The Balaban J connectivity index is 3.88. The number of unbranched alkanes of at least 4 members (excludes halogenated alkanes) is 2. The number of carbonyl (C=O) groups is 1. The maximum Gasteiger partial charge on any atom is 0.221 e. The molecule has 1 unspecified atom stereocenters. The fourth-order valence-electron chi connectivity index (χ4n) is 1.80. The first-order chi connectivity index (χ1) is 8.28. The molecule has 0 aromatic heterocycles. The summed E-state index contributed by atoms with van der Waals surface area (Å²) >= 11 is 0. The highest BCUT2D eigenvalue weighted by Gasteiger charge is 2.19. The third-order valence-electron chi connectivity index (χ3n) is 3.50. The summed E-state index contributed by atoms with van der Waals surface area (Å²) in [6.45, 7) is 11.5. The fraction of sp³-hybridized carbons (Fsp3) is 0.933. The largest absolute Gasteiger partial charge is 0.356 e. The lowest BCUT2D eigenvalue weighted by Crippen LogP contribution is -2.38. The van der Waals surface area contributed by atoms with Crippen LogP contribution in [0.5, 0.6) is 0 Å². The number of hydrogen-bond donors (Lipinski definition) is 2. The third-order valence-corrected chi connectivity index (χ3v) is 3.50. The quantitative estimate of drug-likeness (QED) is 0.623. The van der Waals surface area contributed by atoms with Crippen molar-refractivity contribution in [1.82, 2.24) is 5.32 Å². The van der Waals surface area contributed by atoms with E-state index >= 15 is 0 Å². The van der Waals surface area contributed by atoms with E-state index in [-0.39, 0.29) is 17.4 Å². The zero-order valence-corrected chi connectivity index (χ0v) is 12.9. The van der Waals surface area contributed by atoms with Gasteiger partial charge in [-0.1, -0.05) is 53.9 Å². The first kappa shape index (κ1) is 17.4. The van der Waals surface area contributed by atoms with Crippen LogP contribution in [0.25, 0.3) is 0 Å². The van der Waals surface area contributed by atoms with Crippen molar-refractivity contribution in [3.63, 3.8) is 0 Å². The van der Waals surface area contributed by atoms with Crippen LogP contribution >= 0.6 is 0 Å². The second kappa shape index (κ2) is 8.52. The Bertz CT molecular complexity index is 237. The van der Waals surface area contributed by atoms with Crippen molar-refractivity contribution in [3.8, 4) is 0 Å². The predicted molar refractivity (Wildman–Crippen MR) is 78.4 cm³/mol. The summed E-state index contributed by atoms with van der Waals surface area (Å²) in [5.74, 6) is 0.438. The average molecular weight is 256 g/mol. The average Bonchev–Trinajstić information content (AvgIpc) is 2.26. The maximum absolute atomic E-state index is 11.7.